The van der Waals surface area contributed by atoms with E-state index in [1.807, 2.05) is 18.2 Å². The lowest BCUT2D eigenvalue weighted by atomic mass is 10.1. The molecule has 13 heavy (non-hydrogen) atoms. The predicted molar refractivity (Wildman–Crippen MR) is 60.0 cm³/mol. The molecule has 0 spiro atoms. The first-order chi connectivity index (χ1) is 6.38. The smallest absolute Gasteiger partial charge is 0.0502 e. The molecule has 0 saturated carbocycles. The third-order valence-corrected chi connectivity index (χ3v) is 2.03. The largest absolute Gasteiger partial charge is 0.384 e. The maximum atomic E-state index is 5.04. The molecule has 0 amide bonds. The van der Waals surface area contributed by atoms with Crippen LogP contribution >= 0.6 is 12.6 Å². The van der Waals surface area contributed by atoms with Gasteiger partial charge in [-0.2, -0.15) is 12.6 Å². The van der Waals surface area contributed by atoms with Crippen LogP contribution in [0.1, 0.15) is 11.1 Å². The minimum absolute atomic E-state index is 0.761. The van der Waals surface area contributed by atoms with Crippen molar-refractivity contribution in [2.45, 2.75) is 6.42 Å². The molecule has 0 N–H and O–H groups in total. The Hall–Kier alpha value is -0.730. The van der Waals surface area contributed by atoms with Crippen LogP contribution in [-0.2, 0) is 11.2 Å². The summed E-state index contributed by atoms with van der Waals surface area (Å²) in [6.07, 6.45) is 2.94. The summed E-state index contributed by atoms with van der Waals surface area (Å²) in [5.74, 6) is 0. The third kappa shape index (κ3) is 3.25. The van der Waals surface area contributed by atoms with Crippen molar-refractivity contribution >= 4 is 18.7 Å². The van der Waals surface area contributed by atoms with Crippen molar-refractivity contribution in [3.63, 3.8) is 0 Å². The molecule has 0 unspecified atom stereocenters. The summed E-state index contributed by atoms with van der Waals surface area (Å²) in [6.45, 7) is 0.761. The highest BCUT2D eigenvalue weighted by Gasteiger charge is 1.96. The summed E-state index contributed by atoms with van der Waals surface area (Å²) in [6, 6.07) is 8.26. The fourth-order valence-corrected chi connectivity index (χ4v) is 1.38. The van der Waals surface area contributed by atoms with E-state index in [0.717, 1.165) is 13.0 Å². The normalized spacial score (nSPS) is 10.9. The molecular formula is C11H14OS. The minimum Gasteiger partial charge on any atom is -0.384 e. The van der Waals surface area contributed by atoms with Crippen LogP contribution in [0, 0.1) is 0 Å². The quantitative estimate of drug-likeness (QED) is 0.725. The number of benzene rings is 1. The summed E-state index contributed by atoms with van der Waals surface area (Å²) < 4.78 is 5.04. The SMILES string of the molecule is COCCc1ccccc1/C=C\S. The van der Waals surface area contributed by atoms with Crippen molar-refractivity contribution in [2.24, 2.45) is 0 Å². The van der Waals surface area contributed by atoms with Gasteiger partial charge in [-0.3, -0.25) is 0 Å². The maximum Gasteiger partial charge on any atom is 0.0502 e. The van der Waals surface area contributed by atoms with Gasteiger partial charge >= 0.3 is 0 Å². The molecule has 1 nitrogen and oxygen atoms in total. The monoisotopic (exact) mass is 194 g/mol. The summed E-state index contributed by atoms with van der Waals surface area (Å²) in [5, 5.41) is 1.76. The molecule has 0 aliphatic heterocycles. The number of hydrogen-bond acceptors (Lipinski definition) is 2. The van der Waals surface area contributed by atoms with E-state index in [4.69, 9.17) is 4.74 Å². The molecule has 0 radical (unpaired) electrons. The second-order valence-corrected chi connectivity index (χ2v) is 3.06. The highest BCUT2D eigenvalue weighted by molar-refractivity contribution is 7.83. The molecule has 0 atom stereocenters. The molecule has 1 rings (SSSR count). The molecular weight excluding hydrogens is 180 g/mol. The Morgan fingerprint density at radius 1 is 1.38 bits per heavy atom. The van der Waals surface area contributed by atoms with E-state index >= 15 is 0 Å². The van der Waals surface area contributed by atoms with Crippen LogP contribution in [0.4, 0.5) is 0 Å². The minimum atomic E-state index is 0.761. The number of ether oxygens (including phenoxy) is 1. The van der Waals surface area contributed by atoms with Gasteiger partial charge in [-0.15, -0.1) is 0 Å². The van der Waals surface area contributed by atoms with E-state index in [9.17, 15) is 0 Å². The van der Waals surface area contributed by atoms with Gasteiger partial charge < -0.3 is 4.74 Å². The lowest BCUT2D eigenvalue weighted by molar-refractivity contribution is 0.202. The Morgan fingerprint density at radius 2 is 2.15 bits per heavy atom. The van der Waals surface area contributed by atoms with Gasteiger partial charge in [0.15, 0.2) is 0 Å². The fraction of sp³-hybridized carbons (Fsp3) is 0.273. The van der Waals surface area contributed by atoms with Crippen LogP contribution in [0.5, 0.6) is 0 Å². The summed E-state index contributed by atoms with van der Waals surface area (Å²) >= 11 is 4.06. The molecule has 0 heterocycles. The molecule has 0 bridgehead atoms. The number of thiol groups is 1. The lowest BCUT2D eigenvalue weighted by Gasteiger charge is -2.04. The highest BCUT2D eigenvalue weighted by atomic mass is 32.1. The van der Waals surface area contributed by atoms with Gasteiger partial charge in [0.25, 0.3) is 0 Å². The van der Waals surface area contributed by atoms with Crippen LogP contribution in [0.2, 0.25) is 0 Å². The molecule has 2 heteroatoms. The zero-order chi connectivity index (χ0) is 9.52. The Bertz CT molecular complexity index is 281. The van der Waals surface area contributed by atoms with Crippen molar-refractivity contribution in [2.75, 3.05) is 13.7 Å². The second-order valence-electron chi connectivity index (χ2n) is 2.76. The van der Waals surface area contributed by atoms with E-state index in [1.165, 1.54) is 11.1 Å². The van der Waals surface area contributed by atoms with E-state index < -0.39 is 0 Å². The first-order valence-corrected chi connectivity index (χ1v) is 4.77. The van der Waals surface area contributed by atoms with Gasteiger partial charge in [-0.1, -0.05) is 24.3 Å². The van der Waals surface area contributed by atoms with Crippen molar-refractivity contribution in [3.05, 3.63) is 40.8 Å². The van der Waals surface area contributed by atoms with Crippen LogP contribution in [0.3, 0.4) is 0 Å². The molecule has 0 aliphatic rings. The zero-order valence-electron chi connectivity index (χ0n) is 7.73. The van der Waals surface area contributed by atoms with Gasteiger partial charge in [0.05, 0.1) is 6.61 Å². The average molecular weight is 194 g/mol. The van der Waals surface area contributed by atoms with Crippen LogP contribution in [0.15, 0.2) is 29.7 Å². The van der Waals surface area contributed by atoms with Crippen molar-refractivity contribution in [1.82, 2.24) is 0 Å². The van der Waals surface area contributed by atoms with Crippen LogP contribution < -0.4 is 0 Å². The molecule has 0 aromatic heterocycles. The van der Waals surface area contributed by atoms with E-state index in [2.05, 4.69) is 24.8 Å². The number of hydrogen-bond donors (Lipinski definition) is 1. The first-order valence-electron chi connectivity index (χ1n) is 4.26. The van der Waals surface area contributed by atoms with Crippen molar-refractivity contribution in [1.29, 1.82) is 0 Å². The Balaban J connectivity index is 2.78. The molecule has 1 aromatic carbocycles. The van der Waals surface area contributed by atoms with Gasteiger partial charge in [0.2, 0.25) is 0 Å². The Morgan fingerprint density at radius 3 is 2.85 bits per heavy atom. The van der Waals surface area contributed by atoms with Crippen molar-refractivity contribution < 1.29 is 4.74 Å². The standard InChI is InChI=1S/C11H14OS/c1-12-8-6-10-4-2-3-5-11(10)7-9-13/h2-5,7,9,13H,6,8H2,1H3/b9-7-. The highest BCUT2D eigenvalue weighted by Crippen LogP contribution is 2.11. The molecule has 0 fully saturated rings. The van der Waals surface area contributed by atoms with Gasteiger partial charge in [0, 0.05) is 7.11 Å². The summed E-state index contributed by atoms with van der Waals surface area (Å²) in [4.78, 5) is 0. The van der Waals surface area contributed by atoms with Gasteiger partial charge in [-0.25, -0.2) is 0 Å². The molecule has 0 aliphatic carbocycles. The van der Waals surface area contributed by atoms with Crippen molar-refractivity contribution in [3.8, 4) is 0 Å². The zero-order valence-corrected chi connectivity index (χ0v) is 8.63. The molecule has 1 aromatic rings. The van der Waals surface area contributed by atoms with Crippen LogP contribution in [0.25, 0.3) is 6.08 Å². The van der Waals surface area contributed by atoms with E-state index in [-0.39, 0.29) is 0 Å². The van der Waals surface area contributed by atoms with Crippen LogP contribution in [-0.4, -0.2) is 13.7 Å². The summed E-state index contributed by atoms with van der Waals surface area (Å²) in [5.41, 5.74) is 2.52. The lowest BCUT2D eigenvalue weighted by Crippen LogP contribution is -1.96. The Labute approximate surface area is 84.8 Å². The maximum absolute atomic E-state index is 5.04. The fourth-order valence-electron chi connectivity index (χ4n) is 1.22. The predicted octanol–water partition coefficient (Wildman–Crippen LogP) is 2.78. The van der Waals surface area contributed by atoms with Gasteiger partial charge in [-0.05, 0) is 29.0 Å². The average Bonchev–Trinajstić information content (AvgIpc) is 2.17. The van der Waals surface area contributed by atoms with E-state index in [0.29, 0.717) is 0 Å². The van der Waals surface area contributed by atoms with E-state index in [1.54, 1.807) is 12.5 Å². The second kappa shape index (κ2) is 5.84. The first kappa shape index (κ1) is 10.4. The molecule has 0 saturated heterocycles. The topological polar surface area (TPSA) is 9.23 Å². The number of methoxy groups -OCH3 is 1. The van der Waals surface area contributed by atoms with Gasteiger partial charge in [0.1, 0.15) is 0 Å². The third-order valence-electron chi connectivity index (χ3n) is 1.88. The number of rotatable bonds is 4. The Kier molecular flexibility index (Phi) is 4.65. The summed E-state index contributed by atoms with van der Waals surface area (Å²) in [7, 11) is 1.72. The molecule has 70 valence electrons.